The third-order valence-corrected chi connectivity index (χ3v) is 5.78. The molecule has 0 aliphatic rings. The molecule has 0 N–H and O–H groups in total. The van der Waals surface area contributed by atoms with Crippen molar-refractivity contribution in [2.75, 3.05) is 0 Å². The van der Waals surface area contributed by atoms with Gasteiger partial charge in [0.1, 0.15) is 18.3 Å². The highest BCUT2D eigenvalue weighted by molar-refractivity contribution is 5.87. The van der Waals surface area contributed by atoms with Gasteiger partial charge in [0.25, 0.3) is 0 Å². The van der Waals surface area contributed by atoms with E-state index in [1.54, 1.807) is 20.8 Å². The fraction of sp³-hybridized carbons (Fsp3) is 0.556. The fourth-order valence-corrected chi connectivity index (χ4v) is 3.27. The number of hydrogen-bond acceptors (Lipinski definition) is 9. The number of carbonyl (C=O) groups is 3. The van der Waals surface area contributed by atoms with Crippen LogP contribution >= 0.6 is 0 Å². The summed E-state index contributed by atoms with van der Waals surface area (Å²) in [5, 5.41) is 0. The lowest BCUT2D eigenvalue weighted by Crippen LogP contribution is -2.57. The van der Waals surface area contributed by atoms with Gasteiger partial charge in [-0.25, -0.2) is 42.5 Å². The van der Waals surface area contributed by atoms with Crippen LogP contribution in [0.25, 0.3) is 0 Å². The molecule has 216 valence electrons. The second-order valence-corrected chi connectivity index (χ2v) is 9.33. The zero-order valence-electron chi connectivity index (χ0n) is 23.6. The predicted octanol–water partition coefficient (Wildman–Crippen LogP) is 1.87. The lowest BCUT2D eigenvalue weighted by molar-refractivity contribution is -0.145. The summed E-state index contributed by atoms with van der Waals surface area (Å²) in [4.78, 5) is 76.5. The molecule has 0 saturated carbocycles. The van der Waals surface area contributed by atoms with E-state index in [0.717, 1.165) is 13.7 Å². The van der Waals surface area contributed by atoms with Crippen LogP contribution in [0.4, 0.5) is 0 Å². The van der Waals surface area contributed by atoms with Gasteiger partial charge in [-0.1, -0.05) is 40.5 Å². The Bertz CT molecular complexity index is 1110. The highest BCUT2D eigenvalue weighted by Gasteiger charge is 2.25. The average molecular weight is 550 g/mol. The first-order valence-electron chi connectivity index (χ1n) is 12.7. The van der Waals surface area contributed by atoms with Crippen molar-refractivity contribution in [3.8, 4) is 0 Å². The second-order valence-electron chi connectivity index (χ2n) is 9.33. The van der Waals surface area contributed by atoms with E-state index in [1.165, 1.54) is 20.8 Å². The van der Waals surface area contributed by atoms with Crippen LogP contribution in [0.5, 0.6) is 0 Å². The first kappa shape index (κ1) is 33.1. The standard InChI is InChI=1S/C27H39N3O9/c1-10-19(37-22(31)16(4)5)13-28-25(34)29(14-20(11-2)38-23(32)17(6)7)27(36)30(26(28)35)15-21(12-3)39-24(33)18(8)9/h19-21H,4,6,8,10-15H2,1-3,5,7,9H3. The minimum Gasteiger partial charge on any atom is -0.457 e. The van der Waals surface area contributed by atoms with Gasteiger partial charge < -0.3 is 14.2 Å². The predicted molar refractivity (Wildman–Crippen MR) is 144 cm³/mol. The van der Waals surface area contributed by atoms with E-state index in [9.17, 15) is 28.8 Å². The summed E-state index contributed by atoms with van der Waals surface area (Å²) in [7, 11) is 0. The van der Waals surface area contributed by atoms with E-state index in [1.807, 2.05) is 0 Å². The van der Waals surface area contributed by atoms with Crippen molar-refractivity contribution in [2.24, 2.45) is 0 Å². The molecule has 1 rings (SSSR count). The molecule has 0 saturated heterocycles. The van der Waals surface area contributed by atoms with Crippen LogP contribution in [0, 0.1) is 0 Å². The lowest BCUT2D eigenvalue weighted by atomic mass is 10.2. The minimum absolute atomic E-state index is 0.137. The first-order chi connectivity index (χ1) is 18.2. The molecule has 1 heterocycles. The number of rotatable bonds is 15. The molecule has 0 aromatic carbocycles. The number of esters is 3. The molecule has 1 aromatic rings. The molecule has 0 bridgehead atoms. The summed E-state index contributed by atoms with van der Waals surface area (Å²) in [6, 6.07) is 0. The highest BCUT2D eigenvalue weighted by Crippen LogP contribution is 2.07. The Morgan fingerprint density at radius 1 is 0.564 bits per heavy atom. The number of hydrogen-bond donors (Lipinski definition) is 0. The molecule has 0 aliphatic heterocycles. The van der Waals surface area contributed by atoms with Crippen molar-refractivity contribution in [1.82, 2.24) is 13.7 Å². The molecule has 0 fully saturated rings. The van der Waals surface area contributed by atoms with E-state index >= 15 is 0 Å². The number of ether oxygens (including phenoxy) is 3. The Hall–Kier alpha value is -3.96. The van der Waals surface area contributed by atoms with E-state index in [-0.39, 0.29) is 55.6 Å². The van der Waals surface area contributed by atoms with Crippen molar-refractivity contribution in [3.05, 3.63) is 67.9 Å². The third kappa shape index (κ3) is 9.08. The van der Waals surface area contributed by atoms with Gasteiger partial charge in [-0.05, 0) is 40.0 Å². The molecular weight excluding hydrogens is 510 g/mol. The van der Waals surface area contributed by atoms with Crippen LogP contribution in [0.3, 0.4) is 0 Å². The summed E-state index contributed by atoms with van der Waals surface area (Å²) in [6.07, 6.45) is -1.88. The van der Waals surface area contributed by atoms with Crippen molar-refractivity contribution in [3.63, 3.8) is 0 Å². The summed E-state index contributed by atoms with van der Waals surface area (Å²) >= 11 is 0. The Labute approximate surface area is 227 Å². The largest absolute Gasteiger partial charge is 0.457 e. The van der Waals surface area contributed by atoms with E-state index in [2.05, 4.69) is 19.7 Å². The molecule has 0 spiro atoms. The number of carbonyl (C=O) groups excluding carboxylic acids is 3. The van der Waals surface area contributed by atoms with Crippen molar-refractivity contribution in [2.45, 2.75) is 98.8 Å². The van der Waals surface area contributed by atoms with Crippen LogP contribution in [0.2, 0.25) is 0 Å². The van der Waals surface area contributed by atoms with E-state index in [4.69, 9.17) is 14.2 Å². The quantitative estimate of drug-likeness (QED) is 0.182. The molecule has 39 heavy (non-hydrogen) atoms. The fourth-order valence-electron chi connectivity index (χ4n) is 3.27. The molecule has 0 aliphatic carbocycles. The van der Waals surface area contributed by atoms with Gasteiger partial charge in [0, 0.05) is 16.7 Å². The molecular formula is C27H39N3O9. The van der Waals surface area contributed by atoms with Crippen LogP contribution in [0.1, 0.15) is 60.8 Å². The first-order valence-corrected chi connectivity index (χ1v) is 12.7. The minimum atomic E-state index is -0.970. The van der Waals surface area contributed by atoms with E-state index < -0.39 is 53.3 Å². The van der Waals surface area contributed by atoms with Crippen LogP contribution in [0.15, 0.2) is 50.8 Å². The van der Waals surface area contributed by atoms with Gasteiger partial charge in [-0.15, -0.1) is 0 Å². The Kier molecular flexibility index (Phi) is 12.6. The van der Waals surface area contributed by atoms with Gasteiger partial charge in [-0.3, -0.25) is 0 Å². The van der Waals surface area contributed by atoms with Crippen molar-refractivity contribution < 1.29 is 28.6 Å². The molecule has 0 radical (unpaired) electrons. The maximum absolute atomic E-state index is 13.4. The molecule has 3 atom stereocenters. The average Bonchev–Trinajstić information content (AvgIpc) is 2.88. The van der Waals surface area contributed by atoms with Gasteiger partial charge >= 0.3 is 35.0 Å². The molecule has 0 amide bonds. The van der Waals surface area contributed by atoms with E-state index in [0.29, 0.717) is 0 Å². The van der Waals surface area contributed by atoms with Crippen molar-refractivity contribution >= 4 is 17.9 Å². The maximum atomic E-state index is 13.4. The summed E-state index contributed by atoms with van der Waals surface area (Å²) in [5.41, 5.74) is -2.50. The van der Waals surface area contributed by atoms with Crippen molar-refractivity contribution in [1.29, 1.82) is 0 Å². The van der Waals surface area contributed by atoms with Gasteiger partial charge in [0.15, 0.2) is 0 Å². The summed E-state index contributed by atoms with van der Waals surface area (Å²) in [5.74, 6) is -2.09. The van der Waals surface area contributed by atoms with Crippen LogP contribution in [-0.4, -0.2) is 49.9 Å². The Balaban J connectivity index is 3.70. The molecule has 12 heteroatoms. The normalized spacial score (nSPS) is 13.1. The van der Waals surface area contributed by atoms with Gasteiger partial charge in [0.05, 0.1) is 19.6 Å². The topological polar surface area (TPSA) is 145 Å². The zero-order chi connectivity index (χ0) is 30.0. The smallest absolute Gasteiger partial charge is 0.336 e. The molecule has 12 nitrogen and oxygen atoms in total. The van der Waals surface area contributed by atoms with Gasteiger partial charge in [-0.2, -0.15) is 0 Å². The number of aromatic nitrogens is 3. The summed E-state index contributed by atoms with van der Waals surface area (Å²) < 4.78 is 18.4. The Morgan fingerprint density at radius 2 is 0.769 bits per heavy atom. The Morgan fingerprint density at radius 3 is 0.923 bits per heavy atom. The van der Waals surface area contributed by atoms with Gasteiger partial charge in [0.2, 0.25) is 0 Å². The summed E-state index contributed by atoms with van der Waals surface area (Å²) in [6.45, 7) is 19.0. The van der Waals surface area contributed by atoms with Crippen LogP contribution in [-0.2, 0) is 48.2 Å². The molecule has 1 aromatic heterocycles. The monoisotopic (exact) mass is 549 g/mol. The number of nitrogens with zero attached hydrogens (tertiary/aromatic N) is 3. The SMILES string of the molecule is C=C(C)C(=O)OC(CC)Cn1c(=O)n(CC(CC)OC(=O)C(=C)C)c(=O)n(CC(CC)OC(=O)C(=C)C)c1=O. The molecule has 3 unspecified atom stereocenters. The second kappa shape index (κ2) is 14.8. The lowest BCUT2D eigenvalue weighted by Gasteiger charge is -2.22. The third-order valence-electron chi connectivity index (χ3n) is 5.78. The highest BCUT2D eigenvalue weighted by atomic mass is 16.6. The zero-order valence-corrected chi connectivity index (χ0v) is 23.6. The van der Waals surface area contributed by atoms with Crippen LogP contribution < -0.4 is 17.1 Å². The maximum Gasteiger partial charge on any atom is 0.336 e.